The van der Waals surface area contributed by atoms with E-state index in [4.69, 9.17) is 0 Å². The maximum Gasteiger partial charge on any atom is 0.416 e. The van der Waals surface area contributed by atoms with Crippen molar-refractivity contribution in [2.45, 2.75) is 19.2 Å². The van der Waals surface area contributed by atoms with Crippen LogP contribution in [0.15, 0.2) is 34.1 Å². The zero-order chi connectivity index (χ0) is 14.2. The monoisotopic (exact) mass is 350 g/mol. The third-order valence-electron chi connectivity index (χ3n) is 2.75. The molecule has 6 heteroatoms. The lowest BCUT2D eigenvalue weighted by Crippen LogP contribution is -2.07. The van der Waals surface area contributed by atoms with E-state index in [0.717, 1.165) is 20.8 Å². The SMILES string of the molecule is Cc1sc(Br)cc1C(O)c1cccc(C(F)(F)F)c1. The van der Waals surface area contributed by atoms with E-state index in [-0.39, 0.29) is 5.56 Å². The van der Waals surface area contributed by atoms with Gasteiger partial charge in [-0.2, -0.15) is 13.2 Å². The van der Waals surface area contributed by atoms with Crippen molar-refractivity contribution in [1.82, 2.24) is 0 Å². The number of aryl methyl sites for hydroxylation is 1. The van der Waals surface area contributed by atoms with Crippen molar-refractivity contribution in [2.24, 2.45) is 0 Å². The third-order valence-corrected chi connectivity index (χ3v) is 4.32. The van der Waals surface area contributed by atoms with Gasteiger partial charge in [-0.05, 0) is 52.2 Å². The number of alkyl halides is 3. The van der Waals surface area contributed by atoms with Crippen LogP contribution < -0.4 is 0 Å². The van der Waals surface area contributed by atoms with Gasteiger partial charge in [0.1, 0.15) is 6.10 Å². The molecule has 1 atom stereocenters. The van der Waals surface area contributed by atoms with Crippen LogP contribution in [-0.2, 0) is 6.18 Å². The molecule has 19 heavy (non-hydrogen) atoms. The summed E-state index contributed by atoms with van der Waals surface area (Å²) in [7, 11) is 0. The molecule has 0 radical (unpaired) electrons. The van der Waals surface area contributed by atoms with Crippen molar-refractivity contribution < 1.29 is 18.3 Å². The van der Waals surface area contributed by atoms with Gasteiger partial charge in [0.15, 0.2) is 0 Å². The molecule has 1 unspecified atom stereocenters. The van der Waals surface area contributed by atoms with Gasteiger partial charge < -0.3 is 5.11 Å². The van der Waals surface area contributed by atoms with Crippen LogP contribution >= 0.6 is 27.3 Å². The second-order valence-electron chi connectivity index (χ2n) is 4.09. The molecule has 1 nitrogen and oxygen atoms in total. The van der Waals surface area contributed by atoms with Gasteiger partial charge in [-0.25, -0.2) is 0 Å². The predicted molar refractivity (Wildman–Crippen MR) is 72.3 cm³/mol. The standard InChI is InChI=1S/C13H10BrF3OS/c1-7-10(6-11(14)19-7)12(18)8-3-2-4-9(5-8)13(15,16)17/h2-6,12,18H,1H3. The summed E-state index contributed by atoms with van der Waals surface area (Å²) in [4.78, 5) is 0.872. The Hall–Kier alpha value is -0.850. The molecule has 2 aromatic rings. The first-order valence-electron chi connectivity index (χ1n) is 5.40. The van der Waals surface area contributed by atoms with Crippen LogP contribution in [0.3, 0.4) is 0 Å². The van der Waals surface area contributed by atoms with Crippen molar-refractivity contribution in [3.05, 3.63) is 55.7 Å². The highest BCUT2D eigenvalue weighted by atomic mass is 79.9. The first-order chi connectivity index (χ1) is 8.79. The summed E-state index contributed by atoms with van der Waals surface area (Å²) in [5.74, 6) is 0. The Labute approximate surface area is 120 Å². The van der Waals surface area contributed by atoms with Crippen molar-refractivity contribution in [2.75, 3.05) is 0 Å². The van der Waals surface area contributed by atoms with E-state index in [1.165, 1.54) is 23.5 Å². The molecular formula is C13H10BrF3OS. The maximum absolute atomic E-state index is 12.6. The Morgan fingerprint density at radius 2 is 1.95 bits per heavy atom. The van der Waals surface area contributed by atoms with Gasteiger partial charge in [0.25, 0.3) is 0 Å². The van der Waals surface area contributed by atoms with Crippen molar-refractivity contribution in [1.29, 1.82) is 0 Å². The Balaban J connectivity index is 2.39. The predicted octanol–water partition coefficient (Wildman–Crippen LogP) is 4.92. The lowest BCUT2D eigenvalue weighted by molar-refractivity contribution is -0.137. The second-order valence-corrected chi connectivity index (χ2v) is 6.72. The van der Waals surface area contributed by atoms with Gasteiger partial charge in [-0.1, -0.05) is 12.1 Å². The van der Waals surface area contributed by atoms with Crippen molar-refractivity contribution in [3.8, 4) is 0 Å². The second kappa shape index (κ2) is 5.26. The highest BCUT2D eigenvalue weighted by molar-refractivity contribution is 9.11. The molecule has 0 spiro atoms. The molecule has 0 aliphatic heterocycles. The van der Waals surface area contributed by atoms with E-state index in [9.17, 15) is 18.3 Å². The average Bonchev–Trinajstić information content (AvgIpc) is 2.66. The van der Waals surface area contributed by atoms with E-state index in [2.05, 4.69) is 15.9 Å². The van der Waals surface area contributed by atoms with Gasteiger partial charge in [0.2, 0.25) is 0 Å². The van der Waals surface area contributed by atoms with Gasteiger partial charge in [-0.3, -0.25) is 0 Å². The zero-order valence-electron chi connectivity index (χ0n) is 9.83. The molecule has 0 aliphatic carbocycles. The molecule has 2 rings (SSSR count). The molecule has 1 heterocycles. The van der Waals surface area contributed by atoms with E-state index in [0.29, 0.717) is 5.56 Å². The molecule has 0 fully saturated rings. The van der Waals surface area contributed by atoms with Crippen LogP contribution in [0.4, 0.5) is 13.2 Å². The summed E-state index contributed by atoms with van der Waals surface area (Å²) in [5, 5.41) is 10.2. The van der Waals surface area contributed by atoms with Gasteiger partial charge in [0.05, 0.1) is 9.35 Å². The molecular weight excluding hydrogens is 341 g/mol. The first-order valence-corrected chi connectivity index (χ1v) is 7.01. The molecule has 1 aromatic carbocycles. The summed E-state index contributed by atoms with van der Waals surface area (Å²) in [5.41, 5.74) is 0.107. The Morgan fingerprint density at radius 3 is 2.47 bits per heavy atom. The van der Waals surface area contributed by atoms with Crippen LogP contribution in [0.1, 0.15) is 27.7 Å². The fourth-order valence-corrected chi connectivity index (χ4v) is 3.54. The molecule has 102 valence electrons. The van der Waals surface area contributed by atoms with Gasteiger partial charge in [0, 0.05) is 4.88 Å². The quantitative estimate of drug-likeness (QED) is 0.814. The minimum absolute atomic E-state index is 0.239. The highest BCUT2D eigenvalue weighted by Gasteiger charge is 2.31. The molecule has 1 N–H and O–H groups in total. The van der Waals surface area contributed by atoms with E-state index in [1.807, 2.05) is 6.92 Å². The number of rotatable bonds is 2. The lowest BCUT2D eigenvalue weighted by atomic mass is 10.0. The number of hydrogen-bond donors (Lipinski definition) is 1. The summed E-state index contributed by atoms with van der Waals surface area (Å²) < 4.78 is 38.7. The van der Waals surface area contributed by atoms with Crippen molar-refractivity contribution in [3.63, 3.8) is 0 Å². The molecule has 0 amide bonds. The smallest absolute Gasteiger partial charge is 0.384 e. The highest BCUT2D eigenvalue weighted by Crippen LogP contribution is 2.36. The van der Waals surface area contributed by atoms with Crippen LogP contribution in [-0.4, -0.2) is 5.11 Å². The molecule has 0 saturated heterocycles. The number of thiophene rings is 1. The summed E-state index contributed by atoms with van der Waals surface area (Å²) >= 11 is 4.73. The van der Waals surface area contributed by atoms with E-state index < -0.39 is 17.8 Å². The fraction of sp³-hybridized carbons (Fsp3) is 0.231. The zero-order valence-corrected chi connectivity index (χ0v) is 12.2. The Morgan fingerprint density at radius 1 is 1.26 bits per heavy atom. The largest absolute Gasteiger partial charge is 0.416 e. The van der Waals surface area contributed by atoms with Gasteiger partial charge in [-0.15, -0.1) is 11.3 Å². The summed E-state index contributed by atoms with van der Waals surface area (Å²) in [6.07, 6.45) is -5.45. The van der Waals surface area contributed by atoms with Crippen LogP contribution in [0.25, 0.3) is 0 Å². The topological polar surface area (TPSA) is 20.2 Å². The van der Waals surface area contributed by atoms with Crippen LogP contribution in [0.5, 0.6) is 0 Å². The molecule has 0 aliphatic rings. The van der Waals surface area contributed by atoms with Crippen LogP contribution in [0.2, 0.25) is 0 Å². The Bertz CT molecular complexity index is 592. The molecule has 1 aromatic heterocycles. The van der Waals surface area contributed by atoms with Crippen molar-refractivity contribution >= 4 is 27.3 Å². The number of benzene rings is 1. The average molecular weight is 351 g/mol. The Kier molecular flexibility index (Phi) is 4.03. The van der Waals surface area contributed by atoms with Gasteiger partial charge >= 0.3 is 6.18 Å². The number of aliphatic hydroxyl groups excluding tert-OH is 1. The van der Waals surface area contributed by atoms with E-state index >= 15 is 0 Å². The summed E-state index contributed by atoms with van der Waals surface area (Å²) in [6.45, 7) is 1.82. The third kappa shape index (κ3) is 3.19. The number of hydrogen-bond acceptors (Lipinski definition) is 2. The fourth-order valence-electron chi connectivity index (χ4n) is 1.79. The minimum atomic E-state index is -4.40. The number of aliphatic hydroxyl groups is 1. The summed E-state index contributed by atoms with van der Waals surface area (Å²) in [6, 6.07) is 6.50. The van der Waals surface area contributed by atoms with Crippen LogP contribution in [0, 0.1) is 6.92 Å². The maximum atomic E-state index is 12.6. The lowest BCUT2D eigenvalue weighted by Gasteiger charge is -2.13. The minimum Gasteiger partial charge on any atom is -0.384 e. The normalized spacial score (nSPS) is 13.6. The molecule has 0 saturated carbocycles. The first kappa shape index (κ1) is 14.6. The molecule has 0 bridgehead atoms. The number of halogens is 4. The van der Waals surface area contributed by atoms with E-state index in [1.54, 1.807) is 6.07 Å².